The van der Waals surface area contributed by atoms with Crippen LogP contribution < -0.4 is 5.32 Å². The van der Waals surface area contributed by atoms with Gasteiger partial charge in [0.1, 0.15) is 5.82 Å². The average molecular weight is 322 g/mol. The van der Waals surface area contributed by atoms with Crippen molar-refractivity contribution in [3.63, 3.8) is 0 Å². The summed E-state index contributed by atoms with van der Waals surface area (Å²) in [5, 5.41) is 7.60. The molecule has 0 bridgehead atoms. The van der Waals surface area contributed by atoms with Crippen molar-refractivity contribution in [2.75, 3.05) is 38.7 Å². The molecule has 1 unspecified atom stereocenters. The van der Waals surface area contributed by atoms with Gasteiger partial charge in [-0.25, -0.2) is 4.68 Å². The van der Waals surface area contributed by atoms with Gasteiger partial charge in [-0.05, 0) is 32.7 Å². The SMILES string of the molecule is CCC(CC)n1ncc(C)c1NC(=O)C1CCN(CCOC)C1. The average Bonchev–Trinajstić information content (AvgIpc) is 3.16. The van der Waals surface area contributed by atoms with Gasteiger partial charge in [-0.1, -0.05) is 13.8 Å². The maximum Gasteiger partial charge on any atom is 0.229 e. The molecule has 1 N–H and O–H groups in total. The molecule has 2 rings (SSSR count). The first kappa shape index (κ1) is 17.9. The van der Waals surface area contributed by atoms with E-state index < -0.39 is 0 Å². The number of carbonyl (C=O) groups excluding carboxylic acids is 1. The molecule has 0 aromatic carbocycles. The summed E-state index contributed by atoms with van der Waals surface area (Å²) in [7, 11) is 1.71. The number of likely N-dealkylation sites (tertiary alicyclic amines) is 1. The number of nitrogens with zero attached hydrogens (tertiary/aromatic N) is 3. The molecule has 0 saturated carbocycles. The van der Waals surface area contributed by atoms with Crippen LogP contribution in [0.25, 0.3) is 0 Å². The van der Waals surface area contributed by atoms with Crippen LogP contribution in [0.3, 0.4) is 0 Å². The van der Waals surface area contributed by atoms with E-state index in [1.807, 2.05) is 17.8 Å². The van der Waals surface area contributed by atoms with Crippen LogP contribution in [0.4, 0.5) is 5.82 Å². The highest BCUT2D eigenvalue weighted by Crippen LogP contribution is 2.25. The van der Waals surface area contributed by atoms with Crippen molar-refractivity contribution in [1.29, 1.82) is 0 Å². The number of aryl methyl sites for hydroxylation is 1. The monoisotopic (exact) mass is 322 g/mol. The minimum Gasteiger partial charge on any atom is -0.383 e. The van der Waals surface area contributed by atoms with Crippen molar-refractivity contribution < 1.29 is 9.53 Å². The van der Waals surface area contributed by atoms with Crippen molar-refractivity contribution in [1.82, 2.24) is 14.7 Å². The molecule has 6 heteroatoms. The van der Waals surface area contributed by atoms with Crippen LogP contribution >= 0.6 is 0 Å². The van der Waals surface area contributed by atoms with Crippen LogP contribution in [0.5, 0.6) is 0 Å². The van der Waals surface area contributed by atoms with Crippen LogP contribution in [0.1, 0.15) is 44.7 Å². The molecule has 130 valence electrons. The van der Waals surface area contributed by atoms with Crippen molar-refractivity contribution in [2.24, 2.45) is 5.92 Å². The van der Waals surface area contributed by atoms with Crippen molar-refractivity contribution in [2.45, 2.75) is 46.1 Å². The molecule has 0 radical (unpaired) electrons. The van der Waals surface area contributed by atoms with Gasteiger partial charge in [-0.2, -0.15) is 5.10 Å². The van der Waals surface area contributed by atoms with Crippen molar-refractivity contribution >= 4 is 11.7 Å². The molecule has 23 heavy (non-hydrogen) atoms. The van der Waals surface area contributed by atoms with Gasteiger partial charge >= 0.3 is 0 Å². The largest absolute Gasteiger partial charge is 0.383 e. The number of carbonyl (C=O) groups is 1. The number of aromatic nitrogens is 2. The zero-order valence-corrected chi connectivity index (χ0v) is 14.8. The third-order valence-electron chi connectivity index (χ3n) is 4.76. The van der Waals surface area contributed by atoms with E-state index in [2.05, 4.69) is 29.2 Å². The third-order valence-corrected chi connectivity index (χ3v) is 4.76. The van der Waals surface area contributed by atoms with E-state index in [1.165, 1.54) is 0 Å². The molecule has 1 aliphatic heterocycles. The third kappa shape index (κ3) is 4.32. The zero-order chi connectivity index (χ0) is 16.8. The number of ether oxygens (including phenoxy) is 1. The Bertz CT molecular complexity index is 511. The lowest BCUT2D eigenvalue weighted by atomic mass is 10.1. The van der Waals surface area contributed by atoms with E-state index in [1.54, 1.807) is 7.11 Å². The highest BCUT2D eigenvalue weighted by Gasteiger charge is 2.29. The fourth-order valence-corrected chi connectivity index (χ4v) is 3.20. The van der Waals surface area contributed by atoms with Crippen molar-refractivity contribution in [3.8, 4) is 0 Å². The van der Waals surface area contributed by atoms with Crippen LogP contribution in [-0.4, -0.2) is 53.9 Å². The van der Waals surface area contributed by atoms with E-state index >= 15 is 0 Å². The second-order valence-electron chi connectivity index (χ2n) is 6.36. The number of rotatable bonds is 8. The summed E-state index contributed by atoms with van der Waals surface area (Å²) in [6.07, 6.45) is 4.77. The minimum absolute atomic E-state index is 0.0521. The van der Waals surface area contributed by atoms with Crippen LogP contribution in [0, 0.1) is 12.8 Å². The molecule has 2 heterocycles. The Kier molecular flexibility index (Phi) is 6.59. The quantitative estimate of drug-likeness (QED) is 0.799. The number of hydrogen-bond acceptors (Lipinski definition) is 4. The lowest BCUT2D eigenvalue weighted by molar-refractivity contribution is -0.119. The number of nitrogens with one attached hydrogen (secondary N) is 1. The maximum atomic E-state index is 12.6. The highest BCUT2D eigenvalue weighted by molar-refractivity contribution is 5.92. The molecular weight excluding hydrogens is 292 g/mol. The van der Waals surface area contributed by atoms with E-state index in [-0.39, 0.29) is 11.8 Å². The Morgan fingerprint density at radius 2 is 2.22 bits per heavy atom. The summed E-state index contributed by atoms with van der Waals surface area (Å²) in [6, 6.07) is 0.334. The van der Waals surface area contributed by atoms with E-state index in [9.17, 15) is 4.79 Å². The van der Waals surface area contributed by atoms with E-state index in [0.717, 1.165) is 56.9 Å². The van der Waals surface area contributed by atoms with Crippen molar-refractivity contribution in [3.05, 3.63) is 11.8 Å². The molecule has 0 aliphatic carbocycles. The standard InChI is InChI=1S/C17H30N4O2/c1-5-15(6-2)21-16(13(3)11-18-21)19-17(22)14-7-8-20(12-14)9-10-23-4/h11,14-15H,5-10,12H2,1-4H3,(H,19,22). The summed E-state index contributed by atoms with van der Waals surface area (Å²) < 4.78 is 7.09. The molecule has 1 amide bonds. The topological polar surface area (TPSA) is 59.4 Å². The first-order valence-corrected chi connectivity index (χ1v) is 8.66. The fourth-order valence-electron chi connectivity index (χ4n) is 3.20. The molecule has 6 nitrogen and oxygen atoms in total. The molecule has 1 saturated heterocycles. The lowest BCUT2D eigenvalue weighted by Gasteiger charge is -2.19. The highest BCUT2D eigenvalue weighted by atomic mass is 16.5. The van der Waals surface area contributed by atoms with E-state index in [0.29, 0.717) is 6.04 Å². The molecule has 1 aromatic rings. The van der Waals surface area contributed by atoms with Gasteiger partial charge in [0.15, 0.2) is 0 Å². The normalized spacial score (nSPS) is 18.7. The zero-order valence-electron chi connectivity index (χ0n) is 14.8. The smallest absolute Gasteiger partial charge is 0.229 e. The Balaban J connectivity index is 2.00. The maximum absolute atomic E-state index is 12.6. The van der Waals surface area contributed by atoms with Gasteiger partial charge in [-0.15, -0.1) is 0 Å². The van der Waals surface area contributed by atoms with Gasteiger partial charge in [-0.3, -0.25) is 4.79 Å². The Morgan fingerprint density at radius 1 is 1.48 bits per heavy atom. The molecule has 1 fully saturated rings. The number of amides is 1. The fraction of sp³-hybridized carbons (Fsp3) is 0.765. The van der Waals surface area contributed by atoms with Gasteiger partial charge < -0.3 is 15.0 Å². The Hall–Kier alpha value is -1.40. The second-order valence-corrected chi connectivity index (χ2v) is 6.36. The predicted molar refractivity (Wildman–Crippen MR) is 91.6 cm³/mol. The molecule has 1 aliphatic rings. The van der Waals surface area contributed by atoms with Crippen LogP contribution in [0.15, 0.2) is 6.20 Å². The first-order chi connectivity index (χ1) is 11.1. The number of methoxy groups -OCH3 is 1. The second kappa shape index (κ2) is 8.45. The Morgan fingerprint density at radius 3 is 2.87 bits per heavy atom. The summed E-state index contributed by atoms with van der Waals surface area (Å²) in [6.45, 7) is 9.70. The molecule has 1 aromatic heterocycles. The first-order valence-electron chi connectivity index (χ1n) is 8.66. The van der Waals surface area contributed by atoms with Gasteiger partial charge in [0.25, 0.3) is 0 Å². The molecule has 1 atom stereocenters. The summed E-state index contributed by atoms with van der Waals surface area (Å²) in [5.41, 5.74) is 1.03. The molecular formula is C17H30N4O2. The molecule has 0 spiro atoms. The van der Waals surface area contributed by atoms with Gasteiger partial charge in [0.05, 0.1) is 24.8 Å². The van der Waals surface area contributed by atoms with Gasteiger partial charge in [0, 0.05) is 25.8 Å². The number of anilines is 1. The lowest BCUT2D eigenvalue weighted by Crippen LogP contribution is -2.30. The van der Waals surface area contributed by atoms with Crippen LogP contribution in [-0.2, 0) is 9.53 Å². The Labute approximate surface area is 139 Å². The van der Waals surface area contributed by atoms with Crippen LogP contribution in [0.2, 0.25) is 0 Å². The van der Waals surface area contributed by atoms with E-state index in [4.69, 9.17) is 4.74 Å². The summed E-state index contributed by atoms with van der Waals surface area (Å²) >= 11 is 0. The summed E-state index contributed by atoms with van der Waals surface area (Å²) in [4.78, 5) is 14.9. The predicted octanol–water partition coefficient (Wildman–Crippen LogP) is 2.46. The minimum atomic E-state index is 0.0521. The number of hydrogen-bond donors (Lipinski definition) is 1. The summed E-state index contributed by atoms with van der Waals surface area (Å²) in [5.74, 6) is 1.02. The van der Waals surface area contributed by atoms with Gasteiger partial charge in [0.2, 0.25) is 5.91 Å².